The quantitative estimate of drug-likeness (QED) is 0.886. The first-order valence-electron chi connectivity index (χ1n) is 4.84. The van der Waals surface area contributed by atoms with Crippen LogP contribution in [0.4, 0.5) is 8.78 Å². The zero-order chi connectivity index (χ0) is 11.7. The highest BCUT2D eigenvalue weighted by Crippen LogP contribution is 2.28. The standard InChI is InChI=1S/C12H11F2NS.ClH/c1-7-4-5-8(13)10(11(7)14)12(15)9-3-2-6-16-9;/h2-6,12H,15H2,1H3;1H/t12-;/m0./s1. The SMILES string of the molecule is Cc1ccc(F)c([C@@H](N)c2cccs2)c1F.Cl. The van der Waals surface area contributed by atoms with Crippen LogP contribution in [0.25, 0.3) is 0 Å². The van der Waals surface area contributed by atoms with Gasteiger partial charge in [0.25, 0.3) is 0 Å². The lowest BCUT2D eigenvalue weighted by atomic mass is 10.0. The number of hydrogen-bond donors (Lipinski definition) is 1. The Kier molecular flexibility index (Phi) is 4.62. The Bertz CT molecular complexity index is 499. The van der Waals surface area contributed by atoms with Crippen molar-refractivity contribution in [3.8, 4) is 0 Å². The van der Waals surface area contributed by atoms with Crippen LogP contribution < -0.4 is 5.73 Å². The number of halogens is 3. The van der Waals surface area contributed by atoms with Crippen LogP contribution in [-0.2, 0) is 0 Å². The van der Waals surface area contributed by atoms with E-state index >= 15 is 0 Å². The van der Waals surface area contributed by atoms with Crippen LogP contribution in [0.15, 0.2) is 29.6 Å². The molecule has 2 N–H and O–H groups in total. The fourth-order valence-corrected chi connectivity index (χ4v) is 2.31. The van der Waals surface area contributed by atoms with Crippen molar-refractivity contribution < 1.29 is 8.78 Å². The maximum atomic E-state index is 13.8. The summed E-state index contributed by atoms with van der Waals surface area (Å²) in [6.45, 7) is 1.60. The predicted molar refractivity (Wildman–Crippen MR) is 68.7 cm³/mol. The minimum absolute atomic E-state index is 0. The lowest BCUT2D eigenvalue weighted by Crippen LogP contribution is -2.15. The van der Waals surface area contributed by atoms with Crippen molar-refractivity contribution in [2.45, 2.75) is 13.0 Å². The third kappa shape index (κ3) is 2.65. The van der Waals surface area contributed by atoms with E-state index in [1.165, 1.54) is 23.5 Å². The molecule has 0 saturated heterocycles. The number of aryl methyl sites for hydroxylation is 1. The summed E-state index contributed by atoms with van der Waals surface area (Å²) in [5, 5.41) is 1.83. The second kappa shape index (κ2) is 5.58. The van der Waals surface area contributed by atoms with Gasteiger partial charge < -0.3 is 5.73 Å². The number of benzene rings is 1. The molecule has 5 heteroatoms. The molecule has 0 aliphatic heterocycles. The van der Waals surface area contributed by atoms with Gasteiger partial charge in [-0.05, 0) is 30.0 Å². The highest BCUT2D eigenvalue weighted by Gasteiger charge is 2.20. The van der Waals surface area contributed by atoms with Gasteiger partial charge in [-0.15, -0.1) is 23.7 Å². The van der Waals surface area contributed by atoms with Crippen LogP contribution in [0.1, 0.15) is 22.0 Å². The van der Waals surface area contributed by atoms with Gasteiger partial charge in [0.1, 0.15) is 11.6 Å². The molecule has 0 aliphatic carbocycles. The average molecular weight is 276 g/mol. The van der Waals surface area contributed by atoms with E-state index in [2.05, 4.69) is 0 Å². The zero-order valence-corrected chi connectivity index (χ0v) is 10.7. The molecule has 1 aromatic carbocycles. The van der Waals surface area contributed by atoms with Gasteiger partial charge in [0.2, 0.25) is 0 Å². The van der Waals surface area contributed by atoms with Crippen LogP contribution in [-0.4, -0.2) is 0 Å². The largest absolute Gasteiger partial charge is 0.319 e. The highest BCUT2D eigenvalue weighted by atomic mass is 35.5. The molecule has 0 fully saturated rings. The molecule has 1 atom stereocenters. The summed E-state index contributed by atoms with van der Waals surface area (Å²) >= 11 is 1.39. The number of thiophene rings is 1. The summed E-state index contributed by atoms with van der Waals surface area (Å²) in [6.07, 6.45) is 0. The van der Waals surface area contributed by atoms with Crippen LogP contribution in [0.5, 0.6) is 0 Å². The molecular weight excluding hydrogens is 264 g/mol. The third-order valence-electron chi connectivity index (χ3n) is 2.48. The van der Waals surface area contributed by atoms with E-state index in [1.807, 2.05) is 11.4 Å². The molecule has 0 spiro atoms. The Morgan fingerprint density at radius 3 is 2.53 bits per heavy atom. The molecule has 17 heavy (non-hydrogen) atoms. The molecule has 0 aliphatic rings. The third-order valence-corrected chi connectivity index (χ3v) is 3.44. The Morgan fingerprint density at radius 2 is 1.94 bits per heavy atom. The van der Waals surface area contributed by atoms with Gasteiger partial charge in [0, 0.05) is 10.4 Å². The lowest BCUT2D eigenvalue weighted by molar-refractivity contribution is 0.539. The summed E-state index contributed by atoms with van der Waals surface area (Å²) in [6, 6.07) is 5.51. The smallest absolute Gasteiger partial charge is 0.134 e. The topological polar surface area (TPSA) is 26.0 Å². The molecule has 0 unspecified atom stereocenters. The van der Waals surface area contributed by atoms with Gasteiger partial charge in [-0.3, -0.25) is 0 Å². The molecule has 1 nitrogen and oxygen atoms in total. The Balaban J connectivity index is 0.00000144. The Hall–Kier alpha value is -0.970. The molecule has 0 radical (unpaired) electrons. The Morgan fingerprint density at radius 1 is 1.24 bits per heavy atom. The van der Waals surface area contributed by atoms with E-state index in [4.69, 9.17) is 5.73 Å². The number of hydrogen-bond acceptors (Lipinski definition) is 2. The minimum Gasteiger partial charge on any atom is -0.319 e. The fourth-order valence-electron chi connectivity index (χ4n) is 1.57. The van der Waals surface area contributed by atoms with E-state index in [0.717, 1.165) is 4.88 Å². The van der Waals surface area contributed by atoms with Gasteiger partial charge in [-0.2, -0.15) is 0 Å². The second-order valence-corrected chi connectivity index (χ2v) is 4.56. The molecule has 1 heterocycles. The van der Waals surface area contributed by atoms with E-state index < -0.39 is 17.7 Å². The molecule has 0 saturated carbocycles. The molecule has 92 valence electrons. The summed E-state index contributed by atoms with van der Waals surface area (Å²) in [4.78, 5) is 0.753. The van der Waals surface area contributed by atoms with Crippen molar-refractivity contribution >= 4 is 23.7 Å². The van der Waals surface area contributed by atoms with E-state index in [1.54, 1.807) is 13.0 Å². The summed E-state index contributed by atoms with van der Waals surface area (Å²) in [5.74, 6) is -1.15. The maximum absolute atomic E-state index is 13.8. The van der Waals surface area contributed by atoms with Gasteiger partial charge in [0.05, 0.1) is 6.04 Å². The summed E-state index contributed by atoms with van der Waals surface area (Å²) < 4.78 is 27.3. The van der Waals surface area contributed by atoms with Crippen molar-refractivity contribution in [3.63, 3.8) is 0 Å². The van der Waals surface area contributed by atoms with Gasteiger partial charge >= 0.3 is 0 Å². The summed E-state index contributed by atoms with van der Waals surface area (Å²) in [5.41, 5.74) is 6.21. The van der Waals surface area contributed by atoms with Crippen molar-refractivity contribution in [2.24, 2.45) is 5.73 Å². The highest BCUT2D eigenvalue weighted by molar-refractivity contribution is 7.10. The first kappa shape index (κ1) is 14.1. The van der Waals surface area contributed by atoms with Crippen molar-refractivity contribution in [1.29, 1.82) is 0 Å². The first-order valence-corrected chi connectivity index (χ1v) is 5.72. The van der Waals surface area contributed by atoms with Gasteiger partial charge in [0.15, 0.2) is 0 Å². The van der Waals surface area contributed by atoms with E-state index in [9.17, 15) is 8.78 Å². The van der Waals surface area contributed by atoms with E-state index in [-0.39, 0.29) is 18.0 Å². The summed E-state index contributed by atoms with van der Waals surface area (Å²) in [7, 11) is 0. The maximum Gasteiger partial charge on any atom is 0.134 e. The van der Waals surface area contributed by atoms with Crippen LogP contribution >= 0.6 is 23.7 Å². The average Bonchev–Trinajstić information content (AvgIpc) is 2.77. The molecule has 2 aromatic rings. The monoisotopic (exact) mass is 275 g/mol. The second-order valence-electron chi connectivity index (χ2n) is 3.59. The molecule has 2 rings (SSSR count). The lowest BCUT2D eigenvalue weighted by Gasteiger charge is -2.13. The van der Waals surface area contributed by atoms with Gasteiger partial charge in [-0.1, -0.05) is 12.1 Å². The fraction of sp³-hybridized carbons (Fsp3) is 0.167. The number of nitrogens with two attached hydrogens (primary N) is 1. The molecule has 0 amide bonds. The van der Waals surface area contributed by atoms with Crippen LogP contribution in [0.2, 0.25) is 0 Å². The molecular formula is C12H12ClF2NS. The van der Waals surface area contributed by atoms with E-state index in [0.29, 0.717) is 5.56 Å². The van der Waals surface area contributed by atoms with Crippen LogP contribution in [0.3, 0.4) is 0 Å². The molecule has 0 bridgehead atoms. The normalized spacial score (nSPS) is 12.0. The van der Waals surface area contributed by atoms with Crippen LogP contribution in [0, 0.1) is 18.6 Å². The number of rotatable bonds is 2. The van der Waals surface area contributed by atoms with Crippen molar-refractivity contribution in [1.82, 2.24) is 0 Å². The Labute approximate surface area is 109 Å². The van der Waals surface area contributed by atoms with Gasteiger partial charge in [-0.25, -0.2) is 8.78 Å². The van der Waals surface area contributed by atoms with Crippen molar-refractivity contribution in [2.75, 3.05) is 0 Å². The predicted octanol–water partition coefficient (Wildman–Crippen LogP) is 3.80. The molecule has 1 aromatic heterocycles. The van der Waals surface area contributed by atoms with Crippen molar-refractivity contribution in [3.05, 3.63) is 57.3 Å². The minimum atomic E-state index is -0.736. The first-order chi connectivity index (χ1) is 7.61. The zero-order valence-electron chi connectivity index (χ0n) is 9.11.